The Morgan fingerprint density at radius 2 is 2.00 bits per heavy atom. The van der Waals surface area contributed by atoms with Crippen molar-refractivity contribution in [2.45, 2.75) is 25.7 Å². The number of amides is 1. The minimum absolute atomic E-state index is 0.0274. The molecule has 5 nitrogen and oxygen atoms in total. The lowest BCUT2D eigenvalue weighted by molar-refractivity contribution is -0.116. The van der Waals surface area contributed by atoms with Gasteiger partial charge in [-0.15, -0.1) is 0 Å². The van der Waals surface area contributed by atoms with Crippen LogP contribution in [-0.4, -0.2) is 43.8 Å². The largest absolute Gasteiger partial charge is 0.454 e. The fourth-order valence-electron chi connectivity index (χ4n) is 3.50. The zero-order valence-corrected chi connectivity index (χ0v) is 13.9. The Morgan fingerprint density at radius 3 is 2.79 bits per heavy atom. The highest BCUT2D eigenvalue weighted by atomic mass is 16.7. The first-order valence-electron chi connectivity index (χ1n) is 8.80. The van der Waals surface area contributed by atoms with Crippen LogP contribution in [0, 0.1) is 5.41 Å². The van der Waals surface area contributed by atoms with E-state index in [0.717, 1.165) is 30.2 Å². The Bertz CT molecular complexity index is 646. The number of carbonyl (C=O) groups is 1. The highest BCUT2D eigenvalue weighted by Gasteiger charge is 2.44. The van der Waals surface area contributed by atoms with Crippen molar-refractivity contribution in [3.8, 4) is 11.5 Å². The minimum Gasteiger partial charge on any atom is -0.454 e. The lowest BCUT2D eigenvalue weighted by Crippen LogP contribution is -2.36. The maximum atomic E-state index is 12.1. The summed E-state index contributed by atoms with van der Waals surface area (Å²) >= 11 is 0. The van der Waals surface area contributed by atoms with Crippen LogP contribution in [0.3, 0.4) is 0 Å². The molecule has 0 radical (unpaired) electrons. The molecule has 3 aliphatic rings. The third-order valence-corrected chi connectivity index (χ3v) is 5.18. The number of ether oxygens (including phenoxy) is 2. The van der Waals surface area contributed by atoms with E-state index >= 15 is 0 Å². The standard InChI is InChI=1S/C19H24N2O3/c22-18(6-4-15-3-5-16-17(11-15)24-14-23-16)20-12-19(7-8-19)13-21-9-1-2-10-21/h3-6,11H,1-2,7-10,12-14H2,(H,20,22)/b6-4+. The number of nitrogens with zero attached hydrogens (tertiary/aromatic N) is 1. The van der Waals surface area contributed by atoms with E-state index in [1.54, 1.807) is 6.08 Å². The van der Waals surface area contributed by atoms with Gasteiger partial charge in [-0.05, 0) is 62.5 Å². The SMILES string of the molecule is O=C(/C=C/c1ccc2c(c1)OCO2)NCC1(CN2CCCC2)CC1. The van der Waals surface area contributed by atoms with Crippen LogP contribution in [0.2, 0.25) is 0 Å². The summed E-state index contributed by atoms with van der Waals surface area (Å²) in [4.78, 5) is 14.6. The lowest BCUT2D eigenvalue weighted by Gasteiger charge is -2.22. The maximum absolute atomic E-state index is 12.1. The smallest absolute Gasteiger partial charge is 0.244 e. The molecule has 0 bridgehead atoms. The third kappa shape index (κ3) is 3.56. The summed E-state index contributed by atoms with van der Waals surface area (Å²) in [6.45, 7) is 4.63. The van der Waals surface area contributed by atoms with Gasteiger partial charge in [0.05, 0.1) is 0 Å². The van der Waals surface area contributed by atoms with Gasteiger partial charge in [0, 0.05) is 24.6 Å². The monoisotopic (exact) mass is 328 g/mol. The predicted octanol–water partition coefficient (Wildman–Crippen LogP) is 2.42. The number of carbonyl (C=O) groups excluding carboxylic acids is 1. The van der Waals surface area contributed by atoms with Crippen molar-refractivity contribution in [2.24, 2.45) is 5.41 Å². The van der Waals surface area contributed by atoms with E-state index in [2.05, 4.69) is 10.2 Å². The molecule has 0 aromatic heterocycles. The summed E-state index contributed by atoms with van der Waals surface area (Å²) in [6, 6.07) is 5.68. The fraction of sp³-hybridized carbons (Fsp3) is 0.526. The lowest BCUT2D eigenvalue weighted by atomic mass is 10.1. The maximum Gasteiger partial charge on any atom is 0.244 e. The summed E-state index contributed by atoms with van der Waals surface area (Å²) in [7, 11) is 0. The summed E-state index contributed by atoms with van der Waals surface area (Å²) in [5.41, 5.74) is 1.26. The van der Waals surface area contributed by atoms with Crippen LogP contribution in [0.15, 0.2) is 24.3 Å². The third-order valence-electron chi connectivity index (χ3n) is 5.18. The van der Waals surface area contributed by atoms with Crippen LogP contribution in [0.1, 0.15) is 31.2 Å². The molecule has 1 amide bonds. The Balaban J connectivity index is 1.27. The predicted molar refractivity (Wildman–Crippen MR) is 91.9 cm³/mol. The van der Waals surface area contributed by atoms with Crippen molar-refractivity contribution >= 4 is 12.0 Å². The molecule has 24 heavy (non-hydrogen) atoms. The van der Waals surface area contributed by atoms with Crippen LogP contribution in [0.5, 0.6) is 11.5 Å². The minimum atomic E-state index is -0.0274. The average Bonchev–Trinajstić information content (AvgIpc) is 2.99. The van der Waals surface area contributed by atoms with Crippen LogP contribution >= 0.6 is 0 Å². The molecule has 5 heteroatoms. The Hall–Kier alpha value is -2.01. The van der Waals surface area contributed by atoms with E-state index in [4.69, 9.17) is 9.47 Å². The van der Waals surface area contributed by atoms with E-state index < -0.39 is 0 Å². The summed E-state index contributed by atoms with van der Waals surface area (Å²) < 4.78 is 10.6. The quantitative estimate of drug-likeness (QED) is 0.815. The van der Waals surface area contributed by atoms with Crippen molar-refractivity contribution < 1.29 is 14.3 Å². The van der Waals surface area contributed by atoms with Crippen LogP contribution in [0.25, 0.3) is 6.08 Å². The highest BCUT2D eigenvalue weighted by Crippen LogP contribution is 2.46. The molecule has 1 saturated heterocycles. The van der Waals surface area contributed by atoms with Gasteiger partial charge in [0.25, 0.3) is 0 Å². The van der Waals surface area contributed by atoms with Gasteiger partial charge >= 0.3 is 0 Å². The molecule has 0 atom stereocenters. The van der Waals surface area contributed by atoms with Crippen molar-refractivity contribution in [1.82, 2.24) is 10.2 Å². The molecule has 1 aromatic rings. The van der Waals surface area contributed by atoms with Crippen molar-refractivity contribution in [3.05, 3.63) is 29.8 Å². The number of hydrogen-bond donors (Lipinski definition) is 1. The molecule has 0 unspecified atom stereocenters. The van der Waals surface area contributed by atoms with Gasteiger partial charge in [-0.25, -0.2) is 0 Å². The van der Waals surface area contributed by atoms with Gasteiger partial charge in [0.15, 0.2) is 11.5 Å². The van der Waals surface area contributed by atoms with Gasteiger partial charge in [0.1, 0.15) is 0 Å². The van der Waals surface area contributed by atoms with Gasteiger partial charge in [0.2, 0.25) is 12.7 Å². The highest BCUT2D eigenvalue weighted by molar-refractivity contribution is 5.91. The number of hydrogen-bond acceptors (Lipinski definition) is 4. The Labute approximate surface area is 142 Å². The molecule has 0 spiro atoms. The van der Waals surface area contributed by atoms with Crippen molar-refractivity contribution in [2.75, 3.05) is 33.0 Å². The normalized spacial score (nSPS) is 21.3. The van der Waals surface area contributed by atoms with Crippen molar-refractivity contribution in [1.29, 1.82) is 0 Å². The van der Waals surface area contributed by atoms with E-state index in [0.29, 0.717) is 5.41 Å². The molecule has 128 valence electrons. The first kappa shape index (κ1) is 15.5. The zero-order valence-electron chi connectivity index (χ0n) is 13.9. The molecule has 1 saturated carbocycles. The zero-order chi connectivity index (χ0) is 16.4. The summed E-state index contributed by atoms with van der Waals surface area (Å²) in [6.07, 6.45) is 8.52. The van der Waals surface area contributed by atoms with Gasteiger partial charge in [-0.3, -0.25) is 4.79 Å². The van der Waals surface area contributed by atoms with Gasteiger partial charge in [-0.2, -0.15) is 0 Å². The summed E-state index contributed by atoms with van der Waals surface area (Å²) in [5.74, 6) is 1.47. The topological polar surface area (TPSA) is 50.8 Å². The molecule has 4 rings (SSSR count). The molecular weight excluding hydrogens is 304 g/mol. The second-order valence-electron chi connectivity index (χ2n) is 7.15. The van der Waals surface area contributed by atoms with Gasteiger partial charge in [-0.1, -0.05) is 6.07 Å². The first-order valence-corrected chi connectivity index (χ1v) is 8.80. The van der Waals surface area contributed by atoms with Crippen molar-refractivity contribution in [3.63, 3.8) is 0 Å². The van der Waals surface area contributed by atoms with Crippen LogP contribution in [0.4, 0.5) is 0 Å². The molecule has 1 N–H and O–H groups in total. The van der Waals surface area contributed by atoms with Crippen LogP contribution < -0.4 is 14.8 Å². The number of nitrogens with one attached hydrogen (secondary N) is 1. The number of rotatable bonds is 6. The fourth-order valence-corrected chi connectivity index (χ4v) is 3.50. The second-order valence-corrected chi connectivity index (χ2v) is 7.15. The molecule has 1 aromatic carbocycles. The average molecular weight is 328 g/mol. The van der Waals surface area contributed by atoms with Crippen LogP contribution in [-0.2, 0) is 4.79 Å². The molecule has 2 fully saturated rings. The van der Waals surface area contributed by atoms with E-state index in [9.17, 15) is 4.79 Å². The Kier molecular flexibility index (Phi) is 4.19. The molecular formula is C19H24N2O3. The van der Waals surface area contributed by atoms with E-state index in [-0.39, 0.29) is 12.7 Å². The molecule has 1 aliphatic carbocycles. The number of likely N-dealkylation sites (tertiary alicyclic amines) is 1. The van der Waals surface area contributed by atoms with Gasteiger partial charge < -0.3 is 19.7 Å². The van der Waals surface area contributed by atoms with E-state index in [1.165, 1.54) is 38.8 Å². The summed E-state index contributed by atoms with van der Waals surface area (Å²) in [5, 5.41) is 3.07. The molecule has 2 aliphatic heterocycles. The molecule has 2 heterocycles. The number of fused-ring (bicyclic) bond motifs is 1. The first-order chi connectivity index (χ1) is 11.7. The Morgan fingerprint density at radius 1 is 1.21 bits per heavy atom. The number of benzene rings is 1. The second kappa shape index (κ2) is 6.48. The van der Waals surface area contributed by atoms with E-state index in [1.807, 2.05) is 24.3 Å².